The van der Waals surface area contributed by atoms with Gasteiger partial charge in [-0.2, -0.15) is 0 Å². The van der Waals surface area contributed by atoms with Crippen LogP contribution < -0.4 is 10.6 Å². The average Bonchev–Trinajstić information content (AvgIpc) is 2.82. The number of carbonyl (C=O) groups excluding carboxylic acids is 1. The van der Waals surface area contributed by atoms with Crippen LogP contribution in [0.1, 0.15) is 26.2 Å². The summed E-state index contributed by atoms with van der Waals surface area (Å²) in [6, 6.07) is 7.75. The number of benzene rings is 1. The highest BCUT2D eigenvalue weighted by atomic mass is 16.5. The lowest BCUT2D eigenvalue weighted by atomic mass is 10.2. The Morgan fingerprint density at radius 2 is 2.28 bits per heavy atom. The summed E-state index contributed by atoms with van der Waals surface area (Å²) >= 11 is 0. The first kappa shape index (κ1) is 12.9. The number of hydrogen-bond acceptors (Lipinski definition) is 3. The van der Waals surface area contributed by atoms with Crippen molar-refractivity contribution < 1.29 is 9.53 Å². The van der Waals surface area contributed by atoms with Crippen LogP contribution in [0.15, 0.2) is 24.3 Å². The first-order valence-electron chi connectivity index (χ1n) is 6.47. The molecule has 0 radical (unpaired) electrons. The van der Waals surface area contributed by atoms with Crippen molar-refractivity contribution in [3.05, 3.63) is 24.3 Å². The molecule has 4 nitrogen and oxygen atoms in total. The molecular weight excluding hydrogens is 228 g/mol. The van der Waals surface area contributed by atoms with Gasteiger partial charge in [0.05, 0.1) is 6.10 Å². The largest absolute Gasteiger partial charge is 0.385 e. The summed E-state index contributed by atoms with van der Waals surface area (Å²) < 4.78 is 5.57. The molecule has 0 spiro atoms. The highest BCUT2D eigenvalue weighted by molar-refractivity contribution is 5.89. The standard InChI is InChI=1S/C14H20N2O2/c1-11(17)16-13-5-2-4-12(10-13)15-8-7-14-6-3-9-18-14/h2,4-5,10,14-15H,3,6-9H2,1H3,(H,16,17). The van der Waals surface area contributed by atoms with Crippen molar-refractivity contribution in [1.29, 1.82) is 0 Å². The zero-order chi connectivity index (χ0) is 12.8. The van der Waals surface area contributed by atoms with E-state index in [9.17, 15) is 4.79 Å². The Morgan fingerprint density at radius 3 is 3.00 bits per heavy atom. The lowest BCUT2D eigenvalue weighted by Crippen LogP contribution is -2.12. The number of ether oxygens (including phenoxy) is 1. The van der Waals surface area contributed by atoms with Gasteiger partial charge in [-0.25, -0.2) is 0 Å². The van der Waals surface area contributed by atoms with Crippen molar-refractivity contribution in [3.63, 3.8) is 0 Å². The number of nitrogens with one attached hydrogen (secondary N) is 2. The Bertz CT molecular complexity index is 401. The van der Waals surface area contributed by atoms with Crippen LogP contribution in [0.3, 0.4) is 0 Å². The second kappa shape index (κ2) is 6.40. The maximum atomic E-state index is 11.0. The number of rotatable bonds is 5. The SMILES string of the molecule is CC(=O)Nc1cccc(NCCC2CCCO2)c1. The molecule has 0 aromatic heterocycles. The molecule has 0 saturated carbocycles. The molecule has 98 valence electrons. The van der Waals surface area contributed by atoms with Crippen molar-refractivity contribution in [2.75, 3.05) is 23.8 Å². The molecule has 1 aliphatic rings. The van der Waals surface area contributed by atoms with Gasteiger partial charge in [0.1, 0.15) is 0 Å². The minimum absolute atomic E-state index is 0.0495. The summed E-state index contributed by atoms with van der Waals surface area (Å²) in [7, 11) is 0. The van der Waals surface area contributed by atoms with Gasteiger partial charge in [-0.05, 0) is 37.5 Å². The van der Waals surface area contributed by atoms with Crippen LogP contribution >= 0.6 is 0 Å². The summed E-state index contributed by atoms with van der Waals surface area (Å²) in [5, 5.41) is 6.13. The maximum absolute atomic E-state index is 11.0. The van der Waals surface area contributed by atoms with E-state index in [1.165, 1.54) is 19.8 Å². The fraction of sp³-hybridized carbons (Fsp3) is 0.500. The van der Waals surface area contributed by atoms with Gasteiger partial charge >= 0.3 is 0 Å². The summed E-state index contributed by atoms with van der Waals surface area (Å²) in [6.07, 6.45) is 3.80. The molecule has 1 amide bonds. The molecule has 1 heterocycles. The van der Waals surface area contributed by atoms with E-state index in [0.717, 1.165) is 30.9 Å². The molecule has 2 rings (SSSR count). The molecule has 1 aromatic rings. The summed E-state index contributed by atoms with van der Waals surface area (Å²) in [6.45, 7) is 3.31. The second-order valence-corrected chi connectivity index (χ2v) is 4.61. The highest BCUT2D eigenvalue weighted by Gasteiger charge is 2.14. The smallest absolute Gasteiger partial charge is 0.221 e. The van der Waals surface area contributed by atoms with Crippen molar-refractivity contribution in [1.82, 2.24) is 0 Å². The zero-order valence-corrected chi connectivity index (χ0v) is 10.7. The fourth-order valence-electron chi connectivity index (χ4n) is 2.16. The molecule has 1 aromatic carbocycles. The van der Waals surface area contributed by atoms with E-state index in [0.29, 0.717) is 6.10 Å². The van der Waals surface area contributed by atoms with Crippen molar-refractivity contribution in [2.45, 2.75) is 32.3 Å². The molecule has 18 heavy (non-hydrogen) atoms. The predicted octanol–water partition coefficient (Wildman–Crippen LogP) is 2.63. The van der Waals surface area contributed by atoms with Gasteiger partial charge in [0.15, 0.2) is 0 Å². The third kappa shape index (κ3) is 4.04. The van der Waals surface area contributed by atoms with E-state index in [2.05, 4.69) is 10.6 Å². The zero-order valence-electron chi connectivity index (χ0n) is 10.7. The first-order valence-corrected chi connectivity index (χ1v) is 6.47. The van der Waals surface area contributed by atoms with E-state index in [1.54, 1.807) is 0 Å². The predicted molar refractivity (Wildman–Crippen MR) is 72.8 cm³/mol. The quantitative estimate of drug-likeness (QED) is 0.842. The summed E-state index contributed by atoms with van der Waals surface area (Å²) in [5.41, 5.74) is 1.85. The third-order valence-electron chi connectivity index (χ3n) is 3.00. The number of anilines is 2. The van der Waals surface area contributed by atoms with Gasteiger partial charge < -0.3 is 15.4 Å². The van der Waals surface area contributed by atoms with Crippen LogP contribution in [0.2, 0.25) is 0 Å². The fourth-order valence-corrected chi connectivity index (χ4v) is 2.16. The Hall–Kier alpha value is -1.55. The van der Waals surface area contributed by atoms with E-state index < -0.39 is 0 Å². The monoisotopic (exact) mass is 248 g/mol. The second-order valence-electron chi connectivity index (χ2n) is 4.61. The summed E-state index contributed by atoms with van der Waals surface area (Å²) in [5.74, 6) is -0.0495. The van der Waals surface area contributed by atoms with Gasteiger partial charge in [-0.15, -0.1) is 0 Å². The van der Waals surface area contributed by atoms with Crippen LogP contribution in [-0.2, 0) is 9.53 Å². The van der Waals surface area contributed by atoms with Crippen molar-refractivity contribution >= 4 is 17.3 Å². The Balaban J connectivity index is 1.79. The van der Waals surface area contributed by atoms with Crippen molar-refractivity contribution in [2.24, 2.45) is 0 Å². The van der Waals surface area contributed by atoms with E-state index >= 15 is 0 Å². The molecule has 0 bridgehead atoms. The highest BCUT2D eigenvalue weighted by Crippen LogP contribution is 2.17. The van der Waals surface area contributed by atoms with Crippen LogP contribution in [0.4, 0.5) is 11.4 Å². The van der Waals surface area contributed by atoms with Crippen molar-refractivity contribution in [3.8, 4) is 0 Å². The number of carbonyl (C=O) groups is 1. The van der Waals surface area contributed by atoms with E-state index in [1.807, 2.05) is 24.3 Å². The minimum Gasteiger partial charge on any atom is -0.385 e. The minimum atomic E-state index is -0.0495. The molecule has 1 saturated heterocycles. The van der Waals surface area contributed by atoms with Crippen LogP contribution in [0, 0.1) is 0 Å². The molecular formula is C14H20N2O2. The normalized spacial score (nSPS) is 18.6. The molecule has 2 N–H and O–H groups in total. The first-order chi connectivity index (χ1) is 8.74. The molecule has 1 unspecified atom stereocenters. The molecule has 1 aliphatic heterocycles. The Kier molecular flexibility index (Phi) is 4.59. The average molecular weight is 248 g/mol. The Labute approximate surface area is 108 Å². The van der Waals surface area contributed by atoms with Crippen LogP contribution in [0.5, 0.6) is 0 Å². The lowest BCUT2D eigenvalue weighted by Gasteiger charge is -2.11. The topological polar surface area (TPSA) is 50.4 Å². The van der Waals surface area contributed by atoms with Crippen LogP contribution in [0.25, 0.3) is 0 Å². The number of hydrogen-bond donors (Lipinski definition) is 2. The lowest BCUT2D eigenvalue weighted by molar-refractivity contribution is -0.114. The van der Waals surface area contributed by atoms with Gasteiger partial charge in [0, 0.05) is 31.5 Å². The van der Waals surface area contributed by atoms with Gasteiger partial charge in [0.2, 0.25) is 5.91 Å². The maximum Gasteiger partial charge on any atom is 0.221 e. The van der Waals surface area contributed by atoms with Crippen LogP contribution in [-0.4, -0.2) is 25.2 Å². The molecule has 4 heteroatoms. The molecule has 1 atom stereocenters. The van der Waals surface area contributed by atoms with E-state index in [-0.39, 0.29) is 5.91 Å². The van der Waals surface area contributed by atoms with Gasteiger partial charge in [-0.1, -0.05) is 6.07 Å². The molecule has 0 aliphatic carbocycles. The van der Waals surface area contributed by atoms with Gasteiger partial charge in [0.25, 0.3) is 0 Å². The number of amides is 1. The van der Waals surface area contributed by atoms with E-state index in [4.69, 9.17) is 4.74 Å². The Morgan fingerprint density at radius 1 is 1.44 bits per heavy atom. The summed E-state index contributed by atoms with van der Waals surface area (Å²) in [4.78, 5) is 11.0. The molecule has 1 fully saturated rings. The van der Waals surface area contributed by atoms with Gasteiger partial charge in [-0.3, -0.25) is 4.79 Å². The third-order valence-corrected chi connectivity index (χ3v) is 3.00.